The standard InChI is InChI=1S/C17H26N2O5.C7H8O3S/c1-2-3-4-5-6-7-10-24-17(21)14(18)11-13-8-9-16(20)15(12-13)19(22)23;1-6-2-4-7(5-3-6)11(8,9)10/h8-9,12,14,20H,2-7,10-11,18H2,1H3;2-5H,1H3,(H,8,9,10). The third-order valence-electron chi connectivity index (χ3n) is 5.10. The van der Waals surface area contributed by atoms with Gasteiger partial charge in [0.2, 0.25) is 0 Å². The predicted octanol–water partition coefficient (Wildman–Crippen LogP) is 3.26. The minimum absolute atomic E-state index is 0.178. The highest BCUT2D eigenvalue weighted by atomic mass is 32.2. The summed E-state index contributed by atoms with van der Waals surface area (Å²) in [7, 11) is -4.27. The molecule has 0 aliphatic rings. The Morgan fingerprint density at radius 1 is 1.09 bits per heavy atom. The van der Waals surface area contributed by atoms with Gasteiger partial charge in [-0.1, -0.05) is 62.8 Å². The first-order chi connectivity index (χ1) is 16.5. The van der Waals surface area contributed by atoms with E-state index in [-0.39, 0.29) is 17.0 Å². The number of unbranched alkanes of at least 4 members (excludes halogenated alkanes) is 5. The summed E-state index contributed by atoms with van der Waals surface area (Å²) in [4.78, 5) is 21.9. The number of carbonyl (C=O) groups is 1. The lowest BCUT2D eigenvalue weighted by atomic mass is 10.1. The predicted molar refractivity (Wildman–Crippen MR) is 129 cm³/mol. The van der Waals surface area contributed by atoms with Crippen LogP contribution in [0.25, 0.3) is 0 Å². The number of aryl methyl sites for hydroxylation is 1. The molecular formula is C24H34N2O8S. The molecule has 0 aromatic heterocycles. The Bertz CT molecular complexity index is 1060. The average Bonchev–Trinajstić information content (AvgIpc) is 2.79. The second kappa shape index (κ2) is 15.1. The maximum atomic E-state index is 11.9. The van der Waals surface area contributed by atoms with Gasteiger partial charge in [-0.15, -0.1) is 0 Å². The SMILES string of the molecule is CCCCCCCCOC(=O)C([NH3+])Cc1ccc(O)c([N+](=O)[O-])c1.Cc1ccc(S(=O)(=O)[O-])cc1. The van der Waals surface area contributed by atoms with Crippen molar-refractivity contribution in [2.45, 2.75) is 69.7 Å². The number of esters is 1. The highest BCUT2D eigenvalue weighted by molar-refractivity contribution is 7.85. The molecule has 0 fully saturated rings. The second-order valence-electron chi connectivity index (χ2n) is 8.18. The average molecular weight is 511 g/mol. The van der Waals surface area contributed by atoms with Gasteiger partial charge in [-0.05, 0) is 37.1 Å². The lowest BCUT2D eigenvalue weighted by molar-refractivity contribution is -0.408. The first kappa shape index (κ1) is 30.0. The molecule has 35 heavy (non-hydrogen) atoms. The van der Waals surface area contributed by atoms with Crippen LogP contribution in [0.1, 0.15) is 56.6 Å². The quantitative estimate of drug-likeness (QED) is 0.144. The summed E-state index contributed by atoms with van der Waals surface area (Å²) in [5, 5.41) is 20.2. The lowest BCUT2D eigenvalue weighted by Crippen LogP contribution is -2.66. The highest BCUT2D eigenvalue weighted by Crippen LogP contribution is 2.26. The number of hydrogen-bond acceptors (Lipinski definition) is 8. The minimum atomic E-state index is -4.27. The summed E-state index contributed by atoms with van der Waals surface area (Å²) >= 11 is 0. The van der Waals surface area contributed by atoms with Gasteiger partial charge in [0.1, 0.15) is 10.1 Å². The molecule has 0 saturated carbocycles. The van der Waals surface area contributed by atoms with Crippen LogP contribution in [0.2, 0.25) is 0 Å². The summed E-state index contributed by atoms with van der Waals surface area (Å²) in [6.45, 7) is 4.37. The maximum absolute atomic E-state index is 11.9. The zero-order valence-corrected chi connectivity index (χ0v) is 21.0. The Morgan fingerprint density at radius 2 is 1.69 bits per heavy atom. The van der Waals surface area contributed by atoms with Crippen LogP contribution in [0, 0.1) is 17.0 Å². The fourth-order valence-electron chi connectivity index (χ4n) is 3.09. The normalized spacial score (nSPS) is 11.8. The molecule has 0 spiro atoms. The molecule has 0 radical (unpaired) electrons. The van der Waals surface area contributed by atoms with Gasteiger partial charge in [0.05, 0.1) is 16.4 Å². The van der Waals surface area contributed by atoms with Crippen molar-refractivity contribution in [3.63, 3.8) is 0 Å². The number of ether oxygens (including phenoxy) is 1. The van der Waals surface area contributed by atoms with Crippen LogP contribution in [0.15, 0.2) is 47.4 Å². The molecule has 0 aliphatic heterocycles. The van der Waals surface area contributed by atoms with E-state index >= 15 is 0 Å². The van der Waals surface area contributed by atoms with Gasteiger partial charge in [-0.25, -0.2) is 13.2 Å². The summed E-state index contributed by atoms with van der Waals surface area (Å²) in [6.07, 6.45) is 6.91. The molecule has 10 nitrogen and oxygen atoms in total. The van der Waals surface area contributed by atoms with E-state index in [1.807, 2.05) is 6.92 Å². The number of carbonyl (C=O) groups excluding carboxylic acids is 1. The zero-order valence-electron chi connectivity index (χ0n) is 20.1. The number of aromatic hydroxyl groups is 1. The number of quaternary nitrogens is 1. The van der Waals surface area contributed by atoms with Crippen molar-refractivity contribution >= 4 is 21.8 Å². The molecule has 0 amide bonds. The number of hydrogen-bond donors (Lipinski definition) is 2. The summed E-state index contributed by atoms with van der Waals surface area (Å²) in [5.41, 5.74) is 4.88. The van der Waals surface area contributed by atoms with Crippen molar-refractivity contribution in [1.29, 1.82) is 0 Å². The van der Waals surface area contributed by atoms with Crippen molar-refractivity contribution in [3.8, 4) is 5.75 Å². The van der Waals surface area contributed by atoms with E-state index in [0.717, 1.165) is 24.8 Å². The Morgan fingerprint density at radius 3 is 2.26 bits per heavy atom. The molecule has 0 bridgehead atoms. The van der Waals surface area contributed by atoms with E-state index in [2.05, 4.69) is 12.7 Å². The maximum Gasteiger partial charge on any atom is 0.365 e. The third kappa shape index (κ3) is 11.8. The van der Waals surface area contributed by atoms with Crippen molar-refractivity contribution in [2.24, 2.45) is 0 Å². The molecule has 11 heteroatoms. The summed E-state index contributed by atoms with van der Waals surface area (Å²) < 4.78 is 36.4. The molecule has 1 unspecified atom stereocenters. The number of phenolic OH excluding ortho intramolecular Hbond substituents is 1. The Kier molecular flexibility index (Phi) is 12.9. The molecule has 0 heterocycles. The van der Waals surface area contributed by atoms with Crippen LogP contribution in [0.3, 0.4) is 0 Å². The molecule has 0 saturated heterocycles. The van der Waals surface area contributed by atoms with Gasteiger partial charge in [-0.2, -0.15) is 0 Å². The van der Waals surface area contributed by atoms with E-state index < -0.39 is 32.8 Å². The van der Waals surface area contributed by atoms with E-state index in [1.54, 1.807) is 18.2 Å². The molecule has 0 aliphatic carbocycles. The molecule has 4 N–H and O–H groups in total. The first-order valence-electron chi connectivity index (χ1n) is 11.4. The van der Waals surface area contributed by atoms with Crippen molar-refractivity contribution in [2.75, 3.05) is 6.61 Å². The van der Waals surface area contributed by atoms with Crippen LogP contribution in [-0.4, -0.2) is 41.6 Å². The Balaban J connectivity index is 0.000000462. The lowest BCUT2D eigenvalue weighted by Gasteiger charge is -2.09. The van der Waals surface area contributed by atoms with Gasteiger partial charge in [0, 0.05) is 12.5 Å². The van der Waals surface area contributed by atoms with Crippen LogP contribution >= 0.6 is 0 Å². The van der Waals surface area contributed by atoms with Crippen molar-refractivity contribution < 1.29 is 38.3 Å². The highest BCUT2D eigenvalue weighted by Gasteiger charge is 2.22. The summed E-state index contributed by atoms with van der Waals surface area (Å²) in [6, 6.07) is 9.21. The number of nitro groups is 1. The monoisotopic (exact) mass is 510 g/mol. The van der Waals surface area contributed by atoms with Crippen LogP contribution in [-0.2, 0) is 26.1 Å². The fourth-order valence-corrected chi connectivity index (χ4v) is 3.56. The largest absolute Gasteiger partial charge is 0.744 e. The zero-order chi connectivity index (χ0) is 26.4. The topological polar surface area (TPSA) is 175 Å². The molecular weight excluding hydrogens is 476 g/mol. The Labute approximate surface area is 206 Å². The number of nitrogens with zero attached hydrogens (tertiary/aromatic N) is 1. The van der Waals surface area contributed by atoms with E-state index in [1.165, 1.54) is 43.5 Å². The molecule has 194 valence electrons. The number of benzene rings is 2. The van der Waals surface area contributed by atoms with E-state index in [4.69, 9.17) is 4.74 Å². The minimum Gasteiger partial charge on any atom is -0.744 e. The van der Waals surface area contributed by atoms with Crippen molar-refractivity contribution in [3.05, 3.63) is 63.7 Å². The van der Waals surface area contributed by atoms with Gasteiger partial charge in [0.25, 0.3) is 0 Å². The molecule has 2 aromatic rings. The van der Waals surface area contributed by atoms with Crippen LogP contribution in [0.5, 0.6) is 5.75 Å². The third-order valence-corrected chi connectivity index (χ3v) is 5.95. The smallest absolute Gasteiger partial charge is 0.365 e. The fraction of sp³-hybridized carbons (Fsp3) is 0.458. The second-order valence-corrected chi connectivity index (χ2v) is 9.56. The van der Waals surface area contributed by atoms with E-state index in [0.29, 0.717) is 12.2 Å². The van der Waals surface area contributed by atoms with Gasteiger partial charge in [0.15, 0.2) is 11.8 Å². The van der Waals surface area contributed by atoms with Gasteiger partial charge in [-0.3, -0.25) is 10.1 Å². The summed E-state index contributed by atoms with van der Waals surface area (Å²) in [5.74, 6) is -0.797. The van der Waals surface area contributed by atoms with E-state index in [9.17, 15) is 33.0 Å². The first-order valence-corrected chi connectivity index (χ1v) is 12.8. The molecule has 1 atom stereocenters. The molecule has 2 aromatic carbocycles. The van der Waals surface area contributed by atoms with Crippen LogP contribution in [0.4, 0.5) is 5.69 Å². The Hall–Kier alpha value is -3.02. The van der Waals surface area contributed by atoms with Crippen LogP contribution < -0.4 is 5.73 Å². The molecule has 2 rings (SSSR count). The van der Waals surface area contributed by atoms with Crippen molar-refractivity contribution in [1.82, 2.24) is 0 Å². The van der Waals surface area contributed by atoms with Gasteiger partial charge >= 0.3 is 11.7 Å². The van der Waals surface area contributed by atoms with Gasteiger partial charge < -0.3 is 20.1 Å². The number of phenols is 1. The number of rotatable bonds is 12. The number of nitro benzene ring substituents is 1.